The average Bonchev–Trinajstić information content (AvgIpc) is 2.13. The van der Waals surface area contributed by atoms with Gasteiger partial charge in [-0.25, -0.2) is 0 Å². The Morgan fingerprint density at radius 3 is 2.67 bits per heavy atom. The number of H-pyrrole nitrogens is 1. The van der Waals surface area contributed by atoms with Crippen molar-refractivity contribution in [3.63, 3.8) is 0 Å². The fraction of sp³-hybridized carbons (Fsp3) is 0. The predicted molar refractivity (Wildman–Crippen MR) is 38.2 cm³/mol. The van der Waals surface area contributed by atoms with Crippen molar-refractivity contribution in [3.05, 3.63) is 21.4 Å². The average molecular weight is 205 g/mol. The molecule has 0 aliphatic carbocycles. The van der Waals surface area contributed by atoms with Crippen LogP contribution in [0.25, 0.3) is 0 Å². The number of rotatable bonds is 0. The lowest BCUT2D eigenvalue weighted by Gasteiger charge is -1.76. The second-order valence-electron chi connectivity index (χ2n) is 1.46. The second-order valence-corrected chi connectivity index (χ2v) is 2.66. The molecule has 0 bridgehead atoms. The summed E-state index contributed by atoms with van der Waals surface area (Å²) in [4.78, 5) is 2.72. The van der Waals surface area contributed by atoms with Crippen LogP contribution in [-0.4, -0.2) is 4.98 Å². The fourth-order valence-corrected chi connectivity index (χ4v) is 0.949. The van der Waals surface area contributed by atoms with Crippen LogP contribution in [0.2, 0.25) is 5.02 Å². The van der Waals surface area contributed by atoms with Crippen molar-refractivity contribution in [3.8, 4) is 6.07 Å². The maximum absolute atomic E-state index is 8.31. The first-order valence-corrected chi connectivity index (χ1v) is 3.35. The number of aromatic nitrogens is 1. The Morgan fingerprint density at radius 2 is 2.44 bits per heavy atom. The highest BCUT2D eigenvalue weighted by molar-refractivity contribution is 9.10. The molecule has 1 N–H and O–H groups in total. The van der Waals surface area contributed by atoms with Crippen molar-refractivity contribution in [1.29, 1.82) is 5.26 Å². The summed E-state index contributed by atoms with van der Waals surface area (Å²) in [6.07, 6.45) is 0. The lowest BCUT2D eigenvalue weighted by molar-refractivity contribution is 1.30. The van der Waals surface area contributed by atoms with Gasteiger partial charge in [0.1, 0.15) is 16.4 Å². The number of nitrogens with zero attached hydrogens (tertiary/aromatic N) is 1. The molecule has 9 heavy (non-hydrogen) atoms. The van der Waals surface area contributed by atoms with Crippen LogP contribution in [0.5, 0.6) is 0 Å². The molecular formula is C5H2BrClN2. The smallest absolute Gasteiger partial charge is 0.119 e. The molecule has 0 atom stereocenters. The van der Waals surface area contributed by atoms with E-state index >= 15 is 0 Å². The van der Waals surface area contributed by atoms with Gasteiger partial charge in [0.2, 0.25) is 0 Å². The minimum Gasteiger partial charge on any atom is -0.340 e. The maximum atomic E-state index is 8.31. The van der Waals surface area contributed by atoms with E-state index in [1.807, 2.05) is 6.07 Å². The van der Waals surface area contributed by atoms with Crippen molar-refractivity contribution >= 4 is 27.5 Å². The van der Waals surface area contributed by atoms with Crippen molar-refractivity contribution in [2.45, 2.75) is 0 Å². The predicted octanol–water partition coefficient (Wildman–Crippen LogP) is 2.30. The topological polar surface area (TPSA) is 39.6 Å². The van der Waals surface area contributed by atoms with Gasteiger partial charge in [-0.15, -0.1) is 0 Å². The maximum Gasteiger partial charge on any atom is 0.119 e. The van der Waals surface area contributed by atoms with Gasteiger partial charge in [0, 0.05) is 0 Å². The minimum atomic E-state index is 0.465. The van der Waals surface area contributed by atoms with Crippen LogP contribution in [0, 0.1) is 11.3 Å². The summed E-state index contributed by atoms with van der Waals surface area (Å²) in [7, 11) is 0. The highest BCUT2D eigenvalue weighted by Gasteiger charge is 2.00. The summed E-state index contributed by atoms with van der Waals surface area (Å²) in [5.41, 5.74) is 0.465. The van der Waals surface area contributed by atoms with Gasteiger partial charge in [-0.1, -0.05) is 11.6 Å². The number of nitriles is 1. The highest BCUT2D eigenvalue weighted by atomic mass is 79.9. The Hall–Kier alpha value is -0.460. The first kappa shape index (κ1) is 6.66. The van der Waals surface area contributed by atoms with Crippen LogP contribution >= 0.6 is 27.5 Å². The summed E-state index contributed by atoms with van der Waals surface area (Å²) in [5, 5.41) is 8.85. The molecule has 0 unspecified atom stereocenters. The second kappa shape index (κ2) is 2.42. The minimum absolute atomic E-state index is 0.465. The lowest BCUT2D eigenvalue weighted by atomic mass is 10.5. The molecule has 1 heterocycles. The Labute approximate surface area is 65.6 Å². The molecule has 0 saturated heterocycles. The van der Waals surface area contributed by atoms with E-state index in [0.29, 0.717) is 15.3 Å². The highest BCUT2D eigenvalue weighted by Crippen LogP contribution is 2.21. The molecule has 1 aromatic heterocycles. The van der Waals surface area contributed by atoms with Crippen molar-refractivity contribution in [2.75, 3.05) is 0 Å². The van der Waals surface area contributed by atoms with Crippen LogP contribution in [-0.2, 0) is 0 Å². The molecule has 46 valence electrons. The van der Waals surface area contributed by atoms with Crippen molar-refractivity contribution in [1.82, 2.24) is 4.98 Å². The molecule has 1 rings (SSSR count). The summed E-state index contributed by atoms with van der Waals surface area (Å²) < 4.78 is 0.653. The largest absolute Gasteiger partial charge is 0.340 e. The molecular weight excluding hydrogens is 203 g/mol. The standard InChI is InChI=1S/C5H2BrClN2/c6-5-4(7)1-3(2-8)9-5/h1,9H. The molecule has 0 aromatic carbocycles. The Kier molecular flexibility index (Phi) is 1.79. The molecule has 2 nitrogen and oxygen atoms in total. The Morgan fingerprint density at radius 1 is 1.78 bits per heavy atom. The first-order chi connectivity index (χ1) is 4.24. The SMILES string of the molecule is N#Cc1cc(Cl)c(Br)[nH]1. The quantitative estimate of drug-likeness (QED) is 0.693. The fourth-order valence-electron chi connectivity index (χ4n) is 0.464. The van der Waals surface area contributed by atoms with Gasteiger partial charge >= 0.3 is 0 Å². The third kappa shape index (κ3) is 1.26. The van der Waals surface area contributed by atoms with E-state index < -0.39 is 0 Å². The van der Waals surface area contributed by atoms with Gasteiger partial charge in [0.05, 0.1) is 5.02 Å². The van der Waals surface area contributed by atoms with Gasteiger partial charge < -0.3 is 4.98 Å². The zero-order chi connectivity index (χ0) is 6.85. The molecule has 0 fully saturated rings. The molecule has 0 saturated carbocycles. The van der Waals surface area contributed by atoms with Gasteiger partial charge in [-0.3, -0.25) is 0 Å². The van der Waals surface area contributed by atoms with Crippen LogP contribution < -0.4 is 0 Å². The van der Waals surface area contributed by atoms with Crippen LogP contribution in [0.3, 0.4) is 0 Å². The molecule has 0 radical (unpaired) electrons. The van der Waals surface area contributed by atoms with Crippen LogP contribution in [0.15, 0.2) is 10.7 Å². The van der Waals surface area contributed by atoms with Crippen LogP contribution in [0.1, 0.15) is 5.69 Å². The molecule has 0 spiro atoms. The summed E-state index contributed by atoms with van der Waals surface area (Å²) in [6, 6.07) is 3.48. The Bertz CT molecular complexity index is 241. The molecule has 0 aliphatic rings. The van der Waals surface area contributed by atoms with E-state index in [1.54, 1.807) is 6.07 Å². The third-order valence-corrected chi connectivity index (χ3v) is 2.00. The van der Waals surface area contributed by atoms with Gasteiger partial charge in [-0.2, -0.15) is 5.26 Å². The Balaban J connectivity index is 3.16. The number of halogens is 2. The van der Waals surface area contributed by atoms with E-state index in [2.05, 4.69) is 20.9 Å². The zero-order valence-electron chi connectivity index (χ0n) is 4.28. The van der Waals surface area contributed by atoms with Gasteiger partial charge in [0.25, 0.3) is 0 Å². The molecule has 0 amide bonds. The molecule has 4 heteroatoms. The van der Waals surface area contributed by atoms with E-state index in [-0.39, 0.29) is 0 Å². The first-order valence-electron chi connectivity index (χ1n) is 2.18. The lowest BCUT2D eigenvalue weighted by Crippen LogP contribution is -1.67. The molecule has 1 aromatic rings. The van der Waals surface area contributed by atoms with E-state index in [1.165, 1.54) is 0 Å². The van der Waals surface area contributed by atoms with Gasteiger partial charge in [0.15, 0.2) is 0 Å². The van der Waals surface area contributed by atoms with Crippen molar-refractivity contribution < 1.29 is 0 Å². The number of hydrogen-bond donors (Lipinski definition) is 1. The summed E-state index contributed by atoms with van der Waals surface area (Å²) in [5.74, 6) is 0. The van der Waals surface area contributed by atoms with Crippen LogP contribution in [0.4, 0.5) is 0 Å². The molecule has 0 aliphatic heterocycles. The number of aromatic amines is 1. The summed E-state index contributed by atoms with van der Waals surface area (Å²) in [6.45, 7) is 0. The van der Waals surface area contributed by atoms with Crippen molar-refractivity contribution in [2.24, 2.45) is 0 Å². The number of nitrogens with one attached hydrogen (secondary N) is 1. The normalized spacial score (nSPS) is 9.00. The zero-order valence-corrected chi connectivity index (χ0v) is 6.62. The van der Waals surface area contributed by atoms with Gasteiger partial charge in [-0.05, 0) is 22.0 Å². The monoisotopic (exact) mass is 204 g/mol. The summed E-state index contributed by atoms with van der Waals surface area (Å²) >= 11 is 8.70. The van der Waals surface area contributed by atoms with E-state index in [0.717, 1.165) is 0 Å². The number of hydrogen-bond acceptors (Lipinski definition) is 1. The van der Waals surface area contributed by atoms with E-state index in [4.69, 9.17) is 16.9 Å². The van der Waals surface area contributed by atoms with E-state index in [9.17, 15) is 0 Å². The third-order valence-electron chi connectivity index (χ3n) is 0.846.